The zero-order chi connectivity index (χ0) is 27.4. The van der Waals surface area contributed by atoms with Crippen LogP contribution in [0.5, 0.6) is 0 Å². The summed E-state index contributed by atoms with van der Waals surface area (Å²) in [5.74, 6) is 0.365. The fourth-order valence-electron chi connectivity index (χ4n) is 5.39. The minimum Gasteiger partial charge on any atom is -0.0645 e. The van der Waals surface area contributed by atoms with Crippen molar-refractivity contribution >= 4 is 0 Å². The SMILES string of the molecule is CCC(c1cc(C(C)(C)C)cc(C(C)(C)C)c1)c1c(C(C)(C)C)ccc(C(C)(C)C)c1C(C)(C)C. The van der Waals surface area contributed by atoms with Gasteiger partial charge in [-0.3, -0.25) is 0 Å². The normalized spacial score (nSPS) is 14.9. The Balaban J connectivity index is 3.10. The second kappa shape index (κ2) is 9.39. The van der Waals surface area contributed by atoms with Crippen LogP contribution in [0.25, 0.3) is 0 Å². The lowest BCUT2D eigenvalue weighted by Crippen LogP contribution is -2.29. The molecular weight excluding hydrogens is 420 g/mol. The van der Waals surface area contributed by atoms with E-state index in [-0.39, 0.29) is 27.1 Å². The summed E-state index contributed by atoms with van der Waals surface area (Å²) >= 11 is 0. The quantitative estimate of drug-likeness (QED) is 0.413. The van der Waals surface area contributed by atoms with Crippen LogP contribution in [-0.4, -0.2) is 0 Å². The molecule has 1 atom stereocenters. The van der Waals surface area contributed by atoms with Gasteiger partial charge in [0.2, 0.25) is 0 Å². The van der Waals surface area contributed by atoms with E-state index in [1.54, 1.807) is 11.1 Å². The lowest BCUT2D eigenvalue weighted by Gasteiger charge is -2.39. The Morgan fingerprint density at radius 3 is 1.23 bits per heavy atom. The fourth-order valence-corrected chi connectivity index (χ4v) is 5.39. The van der Waals surface area contributed by atoms with E-state index in [4.69, 9.17) is 0 Å². The van der Waals surface area contributed by atoms with Gasteiger partial charge in [-0.05, 0) is 72.4 Å². The second-order valence-electron chi connectivity index (χ2n) is 16.0. The summed E-state index contributed by atoms with van der Waals surface area (Å²) in [7, 11) is 0. The van der Waals surface area contributed by atoms with Crippen LogP contribution in [0.2, 0.25) is 0 Å². The van der Waals surface area contributed by atoms with Gasteiger partial charge in [0.1, 0.15) is 0 Å². The molecule has 2 aromatic carbocycles. The zero-order valence-corrected chi connectivity index (χ0v) is 26.2. The van der Waals surface area contributed by atoms with Gasteiger partial charge in [0.05, 0.1) is 0 Å². The molecule has 0 aromatic heterocycles. The van der Waals surface area contributed by atoms with Crippen LogP contribution in [0.3, 0.4) is 0 Å². The lowest BCUT2D eigenvalue weighted by molar-refractivity contribution is 0.506. The molecule has 0 saturated heterocycles. The van der Waals surface area contributed by atoms with Gasteiger partial charge in [0, 0.05) is 5.92 Å². The van der Waals surface area contributed by atoms with Crippen molar-refractivity contribution in [3.8, 4) is 0 Å². The van der Waals surface area contributed by atoms with E-state index in [1.807, 2.05) is 0 Å². The van der Waals surface area contributed by atoms with E-state index in [0.29, 0.717) is 5.92 Å². The third-order valence-corrected chi connectivity index (χ3v) is 7.46. The molecule has 2 aromatic rings. The smallest absolute Gasteiger partial charge is 0.00929 e. The lowest BCUT2D eigenvalue weighted by atomic mass is 9.65. The van der Waals surface area contributed by atoms with Crippen LogP contribution in [0, 0.1) is 0 Å². The topological polar surface area (TPSA) is 0 Å². The first-order chi connectivity index (χ1) is 15.5. The zero-order valence-electron chi connectivity index (χ0n) is 26.2. The molecule has 0 aliphatic rings. The van der Waals surface area contributed by atoms with Crippen molar-refractivity contribution in [2.75, 3.05) is 0 Å². The van der Waals surface area contributed by atoms with Crippen molar-refractivity contribution in [3.63, 3.8) is 0 Å². The maximum Gasteiger partial charge on any atom is 0.00929 e. The molecule has 1 unspecified atom stereocenters. The first-order valence-corrected chi connectivity index (χ1v) is 13.8. The number of benzene rings is 2. The molecule has 0 fully saturated rings. The van der Waals surface area contributed by atoms with E-state index < -0.39 is 0 Å². The Morgan fingerprint density at radius 1 is 0.514 bits per heavy atom. The van der Waals surface area contributed by atoms with Gasteiger partial charge < -0.3 is 0 Å². The molecule has 0 aliphatic carbocycles. The molecule has 0 amide bonds. The van der Waals surface area contributed by atoms with E-state index in [0.717, 1.165) is 6.42 Å². The molecule has 0 spiro atoms. The summed E-state index contributed by atoms with van der Waals surface area (Å²) in [6.45, 7) is 38.0. The highest BCUT2D eigenvalue weighted by molar-refractivity contribution is 5.55. The highest BCUT2D eigenvalue weighted by Crippen LogP contribution is 2.47. The van der Waals surface area contributed by atoms with Gasteiger partial charge in [0.25, 0.3) is 0 Å². The van der Waals surface area contributed by atoms with Crippen molar-refractivity contribution in [1.82, 2.24) is 0 Å². The number of rotatable bonds is 3. The average Bonchev–Trinajstić information content (AvgIpc) is 2.64. The summed E-state index contributed by atoms with van der Waals surface area (Å²) in [4.78, 5) is 0. The van der Waals surface area contributed by atoms with Gasteiger partial charge in [-0.2, -0.15) is 0 Å². The van der Waals surface area contributed by atoms with Gasteiger partial charge in [-0.1, -0.05) is 141 Å². The molecule has 0 bridgehead atoms. The summed E-state index contributed by atoms with van der Waals surface area (Å²) in [5.41, 5.74) is 10.9. The minimum absolute atomic E-state index is 0.0567. The Morgan fingerprint density at radius 2 is 0.914 bits per heavy atom. The number of hydrogen-bond donors (Lipinski definition) is 0. The Kier molecular flexibility index (Phi) is 7.96. The van der Waals surface area contributed by atoms with Gasteiger partial charge >= 0.3 is 0 Å². The van der Waals surface area contributed by atoms with Crippen LogP contribution in [-0.2, 0) is 27.1 Å². The number of hydrogen-bond acceptors (Lipinski definition) is 0. The molecule has 0 heteroatoms. The first-order valence-electron chi connectivity index (χ1n) is 13.8. The standard InChI is InChI=1S/C35H56/c1-17-26(23-20-24(31(2,3)4)22-25(21-23)32(5,6)7)29-27(33(8,9)10)18-19-28(34(11,12)13)30(29)35(14,15)16/h18-22,26H,17H2,1-16H3. The summed E-state index contributed by atoms with van der Waals surface area (Å²) in [5, 5.41) is 0. The summed E-state index contributed by atoms with van der Waals surface area (Å²) in [6.07, 6.45) is 1.09. The summed E-state index contributed by atoms with van der Waals surface area (Å²) < 4.78 is 0. The molecule has 0 radical (unpaired) electrons. The van der Waals surface area contributed by atoms with E-state index in [9.17, 15) is 0 Å². The van der Waals surface area contributed by atoms with E-state index in [2.05, 4.69) is 141 Å². The van der Waals surface area contributed by atoms with Crippen molar-refractivity contribution in [2.45, 2.75) is 150 Å². The highest BCUT2D eigenvalue weighted by Gasteiger charge is 2.35. The molecule has 35 heavy (non-hydrogen) atoms. The molecule has 2 rings (SSSR count). The van der Waals surface area contributed by atoms with Crippen LogP contribution in [0.1, 0.15) is 162 Å². The van der Waals surface area contributed by atoms with Crippen LogP contribution < -0.4 is 0 Å². The predicted molar refractivity (Wildman–Crippen MR) is 159 cm³/mol. The van der Waals surface area contributed by atoms with Crippen molar-refractivity contribution in [1.29, 1.82) is 0 Å². The average molecular weight is 477 g/mol. The highest BCUT2D eigenvalue weighted by atomic mass is 14.4. The third-order valence-electron chi connectivity index (χ3n) is 7.46. The molecule has 0 N–H and O–H groups in total. The largest absolute Gasteiger partial charge is 0.0645 e. The molecule has 196 valence electrons. The maximum absolute atomic E-state index is 2.52. The first kappa shape index (κ1) is 29.7. The molecule has 0 aliphatic heterocycles. The van der Waals surface area contributed by atoms with Crippen LogP contribution >= 0.6 is 0 Å². The molecule has 0 saturated carbocycles. The Bertz CT molecular complexity index is 996. The monoisotopic (exact) mass is 476 g/mol. The van der Waals surface area contributed by atoms with Gasteiger partial charge in [0.15, 0.2) is 0 Å². The maximum atomic E-state index is 2.52. The Hall–Kier alpha value is -1.56. The summed E-state index contributed by atoms with van der Waals surface area (Å²) in [6, 6.07) is 12.4. The van der Waals surface area contributed by atoms with E-state index >= 15 is 0 Å². The van der Waals surface area contributed by atoms with Gasteiger partial charge in [-0.25, -0.2) is 0 Å². The van der Waals surface area contributed by atoms with Crippen LogP contribution in [0.15, 0.2) is 30.3 Å². The molecule has 0 nitrogen and oxygen atoms in total. The molecule has 0 heterocycles. The van der Waals surface area contributed by atoms with E-state index in [1.165, 1.54) is 27.8 Å². The molecular formula is C35H56. The minimum atomic E-state index is 0.0567. The Labute approximate surface area is 219 Å². The van der Waals surface area contributed by atoms with Gasteiger partial charge in [-0.15, -0.1) is 0 Å². The fraction of sp³-hybridized carbons (Fsp3) is 0.657. The van der Waals surface area contributed by atoms with Crippen molar-refractivity contribution in [3.05, 3.63) is 69.3 Å². The van der Waals surface area contributed by atoms with Crippen molar-refractivity contribution in [2.24, 2.45) is 0 Å². The predicted octanol–water partition coefficient (Wildman–Crippen LogP) is 10.7. The third kappa shape index (κ3) is 6.61. The van der Waals surface area contributed by atoms with Crippen LogP contribution in [0.4, 0.5) is 0 Å². The van der Waals surface area contributed by atoms with Crippen molar-refractivity contribution < 1.29 is 0 Å². The second-order valence-corrected chi connectivity index (χ2v) is 16.0.